The lowest BCUT2D eigenvalue weighted by atomic mass is 10.2. The molecular weight excluding hydrogens is 288 g/mol. The smallest absolute Gasteiger partial charge is 0.241 e. The number of aromatic amines is 1. The zero-order valence-corrected chi connectivity index (χ0v) is 12.3. The molecule has 0 amide bonds. The van der Waals surface area contributed by atoms with Crippen LogP contribution in [0, 0.1) is 11.8 Å². The minimum absolute atomic E-state index is 0.191. The van der Waals surface area contributed by atoms with Crippen molar-refractivity contribution in [2.75, 3.05) is 6.54 Å². The molecule has 6 nitrogen and oxygen atoms in total. The Labute approximate surface area is 123 Å². The Balaban J connectivity index is 2.16. The fraction of sp³-hybridized carbons (Fsp3) is 0.214. The number of benzene rings is 1. The summed E-state index contributed by atoms with van der Waals surface area (Å²) in [6.07, 6.45) is 3.23. The normalized spacial score (nSPS) is 12.5. The van der Waals surface area contributed by atoms with E-state index in [1.54, 1.807) is 31.5 Å². The van der Waals surface area contributed by atoms with Gasteiger partial charge in [0.1, 0.15) is 0 Å². The highest BCUT2D eigenvalue weighted by molar-refractivity contribution is 7.89. The maximum absolute atomic E-state index is 12.3. The van der Waals surface area contributed by atoms with Gasteiger partial charge in [-0.25, -0.2) is 13.1 Å². The number of hydrogen-bond donors (Lipinski definition) is 3. The average molecular weight is 304 g/mol. The van der Waals surface area contributed by atoms with Gasteiger partial charge in [0, 0.05) is 23.4 Å². The van der Waals surface area contributed by atoms with Crippen LogP contribution in [0.15, 0.2) is 41.6 Å². The number of nitrogens with one attached hydrogen (secondary N) is 2. The average Bonchev–Trinajstić information content (AvgIpc) is 2.99. The lowest BCUT2D eigenvalue weighted by molar-refractivity contribution is 0.567. The molecule has 2 rings (SSSR count). The summed E-state index contributed by atoms with van der Waals surface area (Å²) in [6, 6.07) is 5.97. The van der Waals surface area contributed by atoms with Crippen LogP contribution in [0.25, 0.3) is 0 Å². The van der Waals surface area contributed by atoms with Crippen LogP contribution in [-0.2, 0) is 10.0 Å². The van der Waals surface area contributed by atoms with E-state index in [0.29, 0.717) is 0 Å². The second-order valence-electron chi connectivity index (χ2n) is 4.40. The van der Waals surface area contributed by atoms with Crippen LogP contribution in [0.2, 0.25) is 0 Å². The van der Waals surface area contributed by atoms with Crippen molar-refractivity contribution in [1.29, 1.82) is 0 Å². The zero-order valence-electron chi connectivity index (χ0n) is 11.5. The summed E-state index contributed by atoms with van der Waals surface area (Å²) in [5, 5.41) is 6.45. The molecule has 110 valence electrons. The molecule has 1 unspecified atom stereocenters. The van der Waals surface area contributed by atoms with Gasteiger partial charge in [0.2, 0.25) is 10.0 Å². The molecule has 0 fully saturated rings. The second-order valence-corrected chi connectivity index (χ2v) is 6.12. The first-order chi connectivity index (χ1) is 10.0. The predicted octanol–water partition coefficient (Wildman–Crippen LogP) is 0.759. The zero-order chi connectivity index (χ0) is 15.3. The van der Waals surface area contributed by atoms with E-state index in [9.17, 15) is 8.42 Å². The van der Waals surface area contributed by atoms with Crippen LogP contribution < -0.4 is 10.5 Å². The van der Waals surface area contributed by atoms with Crippen LogP contribution in [0.5, 0.6) is 0 Å². The van der Waals surface area contributed by atoms with Crippen molar-refractivity contribution >= 4 is 10.0 Å². The Bertz CT molecular complexity index is 741. The van der Waals surface area contributed by atoms with Crippen molar-refractivity contribution in [3.05, 3.63) is 47.8 Å². The van der Waals surface area contributed by atoms with Gasteiger partial charge < -0.3 is 5.73 Å². The van der Waals surface area contributed by atoms with Crippen LogP contribution in [0.3, 0.4) is 0 Å². The maximum atomic E-state index is 12.3. The number of nitrogens with zero attached hydrogens (tertiary/aromatic N) is 1. The Hall–Kier alpha value is -2.14. The highest BCUT2D eigenvalue weighted by Gasteiger charge is 2.18. The van der Waals surface area contributed by atoms with Crippen molar-refractivity contribution < 1.29 is 8.42 Å². The van der Waals surface area contributed by atoms with E-state index in [1.165, 1.54) is 12.1 Å². The van der Waals surface area contributed by atoms with Gasteiger partial charge in [0.05, 0.1) is 17.6 Å². The van der Waals surface area contributed by atoms with Crippen molar-refractivity contribution in [2.45, 2.75) is 17.9 Å². The number of hydrogen-bond acceptors (Lipinski definition) is 4. The molecule has 1 atom stereocenters. The molecule has 21 heavy (non-hydrogen) atoms. The third-order valence-corrected chi connectivity index (χ3v) is 4.41. The molecule has 2 aromatic rings. The Morgan fingerprint density at radius 2 is 2.10 bits per heavy atom. The summed E-state index contributed by atoms with van der Waals surface area (Å²) in [5.74, 6) is 5.56. The molecule has 1 aromatic carbocycles. The van der Waals surface area contributed by atoms with Gasteiger partial charge in [-0.1, -0.05) is 11.8 Å². The summed E-state index contributed by atoms with van der Waals surface area (Å²) in [4.78, 5) is 0.191. The van der Waals surface area contributed by atoms with E-state index in [-0.39, 0.29) is 17.5 Å². The third kappa shape index (κ3) is 3.92. The summed E-state index contributed by atoms with van der Waals surface area (Å²) in [6.45, 7) is 2.02. The number of sulfonamides is 1. The third-order valence-electron chi connectivity index (χ3n) is 2.85. The lowest BCUT2D eigenvalue weighted by Crippen LogP contribution is -2.26. The molecule has 0 aliphatic rings. The first-order valence-corrected chi connectivity index (χ1v) is 7.81. The monoisotopic (exact) mass is 304 g/mol. The highest BCUT2D eigenvalue weighted by Crippen LogP contribution is 2.16. The summed E-state index contributed by atoms with van der Waals surface area (Å²) in [5.41, 5.74) is 6.78. The molecule has 0 saturated carbocycles. The lowest BCUT2D eigenvalue weighted by Gasteiger charge is -2.12. The molecular formula is C14H16N4O2S. The van der Waals surface area contributed by atoms with Gasteiger partial charge in [-0.05, 0) is 31.2 Å². The van der Waals surface area contributed by atoms with Gasteiger partial charge in [-0.2, -0.15) is 5.10 Å². The summed E-state index contributed by atoms with van der Waals surface area (Å²) in [7, 11) is -3.59. The number of aromatic nitrogens is 2. The van der Waals surface area contributed by atoms with E-state index >= 15 is 0 Å². The van der Waals surface area contributed by atoms with Gasteiger partial charge in [0.25, 0.3) is 0 Å². The highest BCUT2D eigenvalue weighted by atomic mass is 32.2. The number of H-pyrrole nitrogens is 1. The molecule has 7 heteroatoms. The molecule has 1 aromatic heterocycles. The fourth-order valence-corrected chi connectivity index (χ4v) is 2.97. The fourth-order valence-electron chi connectivity index (χ4n) is 1.74. The molecule has 0 aliphatic heterocycles. The molecule has 0 spiro atoms. The largest absolute Gasteiger partial charge is 0.320 e. The number of nitrogens with two attached hydrogens (primary N) is 1. The number of rotatable bonds is 4. The Morgan fingerprint density at radius 1 is 1.38 bits per heavy atom. The first-order valence-electron chi connectivity index (χ1n) is 6.33. The molecule has 1 heterocycles. The van der Waals surface area contributed by atoms with Crippen molar-refractivity contribution in [1.82, 2.24) is 14.9 Å². The molecule has 4 N–H and O–H groups in total. The first kappa shape index (κ1) is 15.3. The Morgan fingerprint density at radius 3 is 2.67 bits per heavy atom. The van der Waals surface area contributed by atoms with Crippen LogP contribution in [0.1, 0.15) is 24.1 Å². The van der Waals surface area contributed by atoms with E-state index in [4.69, 9.17) is 5.73 Å². The minimum atomic E-state index is -3.59. The van der Waals surface area contributed by atoms with Crippen molar-refractivity contribution in [3.8, 4) is 11.8 Å². The molecule has 0 radical (unpaired) electrons. The van der Waals surface area contributed by atoms with Gasteiger partial charge in [-0.3, -0.25) is 5.10 Å². The van der Waals surface area contributed by atoms with E-state index in [2.05, 4.69) is 26.8 Å². The van der Waals surface area contributed by atoms with E-state index in [1.807, 2.05) is 0 Å². The van der Waals surface area contributed by atoms with Crippen LogP contribution in [-0.4, -0.2) is 25.2 Å². The molecule has 0 bridgehead atoms. The van der Waals surface area contributed by atoms with Crippen LogP contribution >= 0.6 is 0 Å². The predicted molar refractivity (Wildman–Crippen MR) is 79.7 cm³/mol. The van der Waals surface area contributed by atoms with Gasteiger partial charge in [-0.15, -0.1) is 0 Å². The van der Waals surface area contributed by atoms with E-state index in [0.717, 1.165) is 11.1 Å². The second kappa shape index (κ2) is 6.54. The van der Waals surface area contributed by atoms with Gasteiger partial charge in [0.15, 0.2) is 0 Å². The topological polar surface area (TPSA) is 101 Å². The van der Waals surface area contributed by atoms with E-state index < -0.39 is 10.0 Å². The standard InChI is InChI=1S/C14H16N4O2S/c1-11(13-9-16-17-10-13)18-21(19,20)14-6-4-12(5-7-14)3-2-8-15/h4-7,9-11,18H,8,15H2,1H3,(H,16,17). The SMILES string of the molecule is CC(NS(=O)(=O)c1ccc(C#CCN)cc1)c1cn[nH]c1. The van der Waals surface area contributed by atoms with Gasteiger partial charge >= 0.3 is 0 Å². The van der Waals surface area contributed by atoms with Crippen LogP contribution in [0.4, 0.5) is 0 Å². The van der Waals surface area contributed by atoms with Crippen molar-refractivity contribution in [3.63, 3.8) is 0 Å². The van der Waals surface area contributed by atoms with Crippen molar-refractivity contribution in [2.24, 2.45) is 5.73 Å². The quantitative estimate of drug-likeness (QED) is 0.726. The molecule has 0 aliphatic carbocycles. The Kier molecular flexibility index (Phi) is 4.75. The summed E-state index contributed by atoms with van der Waals surface area (Å²) >= 11 is 0. The minimum Gasteiger partial charge on any atom is -0.320 e. The summed E-state index contributed by atoms with van der Waals surface area (Å²) < 4.78 is 27.1. The maximum Gasteiger partial charge on any atom is 0.241 e. The molecule has 0 saturated heterocycles.